The molecular formula is C8H15ClO4S. The van der Waals surface area contributed by atoms with Crippen LogP contribution in [-0.4, -0.2) is 40.6 Å². The summed E-state index contributed by atoms with van der Waals surface area (Å²) in [6.07, 6.45) is 1.37. The van der Waals surface area contributed by atoms with Crippen LogP contribution in [0.1, 0.15) is 12.8 Å². The second-order valence-corrected chi connectivity index (χ2v) is 6.25. The van der Waals surface area contributed by atoms with Gasteiger partial charge in [0.2, 0.25) is 9.05 Å². The summed E-state index contributed by atoms with van der Waals surface area (Å²) in [5.74, 6) is 0.123. The molecule has 14 heavy (non-hydrogen) atoms. The van der Waals surface area contributed by atoms with E-state index in [1.807, 2.05) is 0 Å². The Morgan fingerprint density at radius 1 is 1.50 bits per heavy atom. The summed E-state index contributed by atoms with van der Waals surface area (Å²) in [6, 6.07) is 0. The van der Waals surface area contributed by atoms with Gasteiger partial charge in [-0.1, -0.05) is 0 Å². The first-order valence-corrected chi connectivity index (χ1v) is 7.03. The van der Waals surface area contributed by atoms with Crippen molar-refractivity contribution in [3.63, 3.8) is 0 Å². The van der Waals surface area contributed by atoms with Crippen molar-refractivity contribution in [3.8, 4) is 0 Å². The van der Waals surface area contributed by atoms with E-state index in [4.69, 9.17) is 20.2 Å². The van der Waals surface area contributed by atoms with Crippen molar-refractivity contribution in [2.45, 2.75) is 18.9 Å². The van der Waals surface area contributed by atoms with Crippen molar-refractivity contribution in [3.05, 3.63) is 0 Å². The van der Waals surface area contributed by atoms with Gasteiger partial charge in [0.25, 0.3) is 0 Å². The zero-order chi connectivity index (χ0) is 10.6. The van der Waals surface area contributed by atoms with Crippen molar-refractivity contribution in [2.24, 2.45) is 5.92 Å². The maximum absolute atomic E-state index is 10.9. The lowest BCUT2D eigenvalue weighted by atomic mass is 9.95. The molecule has 1 aliphatic heterocycles. The molecule has 4 nitrogen and oxygen atoms in total. The summed E-state index contributed by atoms with van der Waals surface area (Å²) in [6.45, 7) is 1.35. The van der Waals surface area contributed by atoms with Gasteiger partial charge in [-0.25, -0.2) is 8.42 Å². The van der Waals surface area contributed by atoms with E-state index in [2.05, 4.69) is 0 Å². The fourth-order valence-electron chi connectivity index (χ4n) is 1.68. The third-order valence-electron chi connectivity index (χ3n) is 2.46. The van der Waals surface area contributed by atoms with Crippen LogP contribution >= 0.6 is 10.7 Å². The Hall–Kier alpha value is 0.160. The molecule has 0 unspecified atom stereocenters. The molecule has 1 saturated heterocycles. The first-order chi connectivity index (χ1) is 6.53. The summed E-state index contributed by atoms with van der Waals surface area (Å²) in [4.78, 5) is 0. The Labute approximate surface area is 88.9 Å². The number of ether oxygens (including phenoxy) is 2. The van der Waals surface area contributed by atoms with Gasteiger partial charge in [0.15, 0.2) is 0 Å². The van der Waals surface area contributed by atoms with Crippen LogP contribution in [0.3, 0.4) is 0 Å². The van der Waals surface area contributed by atoms with Crippen LogP contribution < -0.4 is 0 Å². The van der Waals surface area contributed by atoms with Gasteiger partial charge in [-0.3, -0.25) is 0 Å². The first-order valence-electron chi connectivity index (χ1n) is 4.56. The van der Waals surface area contributed by atoms with Gasteiger partial charge in [0.1, 0.15) is 0 Å². The molecular weight excluding hydrogens is 228 g/mol. The Balaban J connectivity index is 2.52. The molecule has 0 amide bonds. The van der Waals surface area contributed by atoms with E-state index in [1.54, 1.807) is 0 Å². The standard InChI is InChI=1S/C8H15ClO4S/c1-12-8(6-14(9,10)11)7-2-4-13-5-3-7/h7-8H,2-6H2,1H3/t8-/m1/s1. The fraction of sp³-hybridized carbons (Fsp3) is 1.00. The molecule has 0 saturated carbocycles. The van der Waals surface area contributed by atoms with Crippen LogP contribution in [0.4, 0.5) is 0 Å². The van der Waals surface area contributed by atoms with Crippen LogP contribution in [0.2, 0.25) is 0 Å². The minimum atomic E-state index is -3.48. The summed E-state index contributed by atoms with van der Waals surface area (Å²) in [5, 5.41) is 0. The number of hydrogen-bond donors (Lipinski definition) is 0. The molecule has 1 fully saturated rings. The van der Waals surface area contributed by atoms with E-state index in [-0.39, 0.29) is 17.8 Å². The number of methoxy groups -OCH3 is 1. The third-order valence-corrected chi connectivity index (χ3v) is 3.56. The van der Waals surface area contributed by atoms with Crippen molar-refractivity contribution < 1.29 is 17.9 Å². The van der Waals surface area contributed by atoms with Crippen LogP contribution in [0.25, 0.3) is 0 Å². The molecule has 0 aromatic heterocycles. The van der Waals surface area contributed by atoms with Crippen molar-refractivity contribution >= 4 is 19.7 Å². The molecule has 0 radical (unpaired) electrons. The Morgan fingerprint density at radius 2 is 2.07 bits per heavy atom. The average molecular weight is 243 g/mol. The highest BCUT2D eigenvalue weighted by Gasteiger charge is 2.27. The lowest BCUT2D eigenvalue weighted by Crippen LogP contribution is -2.33. The van der Waals surface area contributed by atoms with E-state index in [9.17, 15) is 8.42 Å². The van der Waals surface area contributed by atoms with E-state index in [0.29, 0.717) is 13.2 Å². The SMILES string of the molecule is CO[C@H](CS(=O)(=O)Cl)C1CCOCC1. The quantitative estimate of drug-likeness (QED) is 0.690. The molecule has 6 heteroatoms. The molecule has 1 heterocycles. The van der Waals surface area contributed by atoms with E-state index >= 15 is 0 Å². The Bertz CT molecular complexity index is 259. The second-order valence-electron chi connectivity index (χ2n) is 3.43. The minimum absolute atomic E-state index is 0.115. The van der Waals surface area contributed by atoms with Crippen LogP contribution in [0.15, 0.2) is 0 Å². The molecule has 0 aromatic rings. The summed E-state index contributed by atoms with van der Waals surface area (Å²) in [7, 11) is 3.22. The van der Waals surface area contributed by atoms with Crippen LogP contribution in [-0.2, 0) is 18.5 Å². The minimum Gasteiger partial charge on any atom is -0.381 e. The van der Waals surface area contributed by atoms with Gasteiger partial charge in [0.05, 0.1) is 11.9 Å². The normalized spacial score (nSPS) is 22.1. The average Bonchev–Trinajstić information content (AvgIpc) is 2.14. The van der Waals surface area contributed by atoms with Gasteiger partial charge >= 0.3 is 0 Å². The van der Waals surface area contributed by atoms with Gasteiger partial charge in [0, 0.05) is 31.0 Å². The molecule has 1 atom stereocenters. The van der Waals surface area contributed by atoms with Crippen molar-refractivity contribution in [2.75, 3.05) is 26.1 Å². The van der Waals surface area contributed by atoms with E-state index < -0.39 is 9.05 Å². The van der Waals surface area contributed by atoms with Gasteiger partial charge in [-0.05, 0) is 18.8 Å². The monoisotopic (exact) mass is 242 g/mol. The topological polar surface area (TPSA) is 52.6 Å². The second kappa shape index (κ2) is 5.30. The molecule has 84 valence electrons. The van der Waals surface area contributed by atoms with E-state index in [1.165, 1.54) is 7.11 Å². The molecule has 1 rings (SSSR count). The lowest BCUT2D eigenvalue weighted by molar-refractivity contribution is -0.00307. The predicted molar refractivity (Wildman–Crippen MR) is 54.0 cm³/mol. The van der Waals surface area contributed by atoms with Gasteiger partial charge in [-0.2, -0.15) is 0 Å². The number of halogens is 1. The first kappa shape index (κ1) is 12.2. The third kappa shape index (κ3) is 4.13. The summed E-state index contributed by atoms with van der Waals surface area (Å²) in [5.41, 5.74) is 0. The molecule has 1 aliphatic rings. The molecule has 0 bridgehead atoms. The number of hydrogen-bond acceptors (Lipinski definition) is 4. The molecule has 0 N–H and O–H groups in total. The Morgan fingerprint density at radius 3 is 2.50 bits per heavy atom. The van der Waals surface area contributed by atoms with Crippen molar-refractivity contribution in [1.82, 2.24) is 0 Å². The van der Waals surface area contributed by atoms with Gasteiger partial charge in [-0.15, -0.1) is 0 Å². The maximum atomic E-state index is 10.9. The highest BCUT2D eigenvalue weighted by molar-refractivity contribution is 8.13. The van der Waals surface area contributed by atoms with Crippen LogP contribution in [0.5, 0.6) is 0 Å². The van der Waals surface area contributed by atoms with Gasteiger partial charge < -0.3 is 9.47 Å². The van der Waals surface area contributed by atoms with Crippen molar-refractivity contribution in [1.29, 1.82) is 0 Å². The fourth-order valence-corrected chi connectivity index (χ4v) is 2.85. The van der Waals surface area contributed by atoms with E-state index in [0.717, 1.165) is 12.8 Å². The maximum Gasteiger partial charge on any atom is 0.235 e. The highest BCUT2D eigenvalue weighted by atomic mass is 35.7. The Kier molecular flexibility index (Phi) is 4.63. The lowest BCUT2D eigenvalue weighted by Gasteiger charge is -2.28. The summed E-state index contributed by atoms with van der Waals surface area (Å²) >= 11 is 0. The zero-order valence-corrected chi connectivity index (χ0v) is 9.68. The molecule has 0 spiro atoms. The zero-order valence-electron chi connectivity index (χ0n) is 8.11. The predicted octanol–water partition coefficient (Wildman–Crippen LogP) is 0.997. The smallest absolute Gasteiger partial charge is 0.235 e. The number of rotatable bonds is 4. The van der Waals surface area contributed by atoms with Crippen LogP contribution in [0, 0.1) is 5.92 Å². The highest BCUT2D eigenvalue weighted by Crippen LogP contribution is 2.22. The molecule has 0 aliphatic carbocycles. The molecule has 0 aromatic carbocycles. The largest absolute Gasteiger partial charge is 0.381 e. The summed E-state index contributed by atoms with van der Waals surface area (Å²) < 4.78 is 32.1.